The van der Waals surface area contributed by atoms with Crippen LogP contribution in [0.4, 0.5) is 8.78 Å². The molecule has 14 heavy (non-hydrogen) atoms. The number of carbonyl (C=O) groups is 1. The number of ether oxygens (including phenoxy) is 1. The minimum Gasteiger partial charge on any atom is -0.435 e. The van der Waals surface area contributed by atoms with Gasteiger partial charge in [0, 0.05) is 0 Å². The van der Waals surface area contributed by atoms with E-state index in [4.69, 9.17) is 0 Å². The number of rotatable bonds is 4. The van der Waals surface area contributed by atoms with E-state index in [-0.39, 0.29) is 5.75 Å². The highest BCUT2D eigenvalue weighted by atomic mass is 19.3. The van der Waals surface area contributed by atoms with Gasteiger partial charge < -0.3 is 4.74 Å². The highest BCUT2D eigenvalue weighted by Gasteiger charge is 2.03. The van der Waals surface area contributed by atoms with Crippen LogP contribution in [0.2, 0.25) is 0 Å². The van der Waals surface area contributed by atoms with Crippen molar-refractivity contribution in [3.8, 4) is 5.75 Å². The van der Waals surface area contributed by atoms with Crippen molar-refractivity contribution in [2.75, 3.05) is 0 Å². The first-order valence-corrected chi connectivity index (χ1v) is 3.89. The maximum Gasteiger partial charge on any atom is 0.387 e. The lowest BCUT2D eigenvalue weighted by atomic mass is 10.2. The average molecular weight is 198 g/mol. The van der Waals surface area contributed by atoms with Gasteiger partial charge in [-0.3, -0.25) is 4.79 Å². The van der Waals surface area contributed by atoms with Gasteiger partial charge in [-0.15, -0.1) is 0 Å². The van der Waals surface area contributed by atoms with Crippen molar-refractivity contribution in [3.63, 3.8) is 0 Å². The average Bonchev–Trinajstić information content (AvgIpc) is 2.14. The Balaban J connectivity index is 2.78. The molecule has 0 bridgehead atoms. The van der Waals surface area contributed by atoms with Crippen molar-refractivity contribution >= 4 is 12.4 Å². The zero-order chi connectivity index (χ0) is 10.4. The van der Waals surface area contributed by atoms with Gasteiger partial charge in [0.25, 0.3) is 0 Å². The fraction of sp³-hybridized carbons (Fsp3) is 0.100. The fourth-order valence-corrected chi connectivity index (χ4v) is 0.945. The third kappa shape index (κ3) is 3.35. The molecule has 0 N–H and O–H groups in total. The first-order chi connectivity index (χ1) is 6.72. The third-order valence-corrected chi connectivity index (χ3v) is 1.45. The summed E-state index contributed by atoms with van der Waals surface area (Å²) in [6.07, 6.45) is 3.40. The molecule has 0 aliphatic rings. The quantitative estimate of drug-likeness (QED) is 0.548. The minimum absolute atomic E-state index is 0.0769. The topological polar surface area (TPSA) is 26.3 Å². The molecule has 1 aromatic rings. The van der Waals surface area contributed by atoms with E-state index in [2.05, 4.69) is 4.74 Å². The second-order valence-electron chi connectivity index (χ2n) is 2.45. The maximum atomic E-state index is 11.8. The molecule has 0 spiro atoms. The number of hydrogen-bond acceptors (Lipinski definition) is 2. The van der Waals surface area contributed by atoms with Gasteiger partial charge in [0.2, 0.25) is 0 Å². The molecule has 1 rings (SSSR count). The van der Waals surface area contributed by atoms with Crippen molar-refractivity contribution < 1.29 is 18.3 Å². The van der Waals surface area contributed by atoms with Crippen molar-refractivity contribution in [1.29, 1.82) is 0 Å². The highest BCUT2D eigenvalue weighted by molar-refractivity contribution is 5.74. The van der Waals surface area contributed by atoms with E-state index in [1.807, 2.05) is 0 Å². The standard InChI is InChI=1S/C10H8F2O2/c11-10(12)14-9-5-1-3-8(7-9)4-2-6-13/h1-7,10H. The second kappa shape index (κ2) is 5.11. The molecule has 0 heterocycles. The van der Waals surface area contributed by atoms with Crippen LogP contribution < -0.4 is 4.74 Å². The summed E-state index contributed by atoms with van der Waals surface area (Å²) in [4.78, 5) is 10.0. The van der Waals surface area contributed by atoms with Crippen LogP contribution in [-0.4, -0.2) is 12.9 Å². The Kier molecular flexibility index (Phi) is 3.79. The zero-order valence-electron chi connectivity index (χ0n) is 7.19. The smallest absolute Gasteiger partial charge is 0.387 e. The van der Waals surface area contributed by atoms with Crippen LogP contribution in [0.15, 0.2) is 30.3 Å². The lowest BCUT2D eigenvalue weighted by Crippen LogP contribution is -2.01. The summed E-state index contributed by atoms with van der Waals surface area (Å²) in [5.74, 6) is 0.0769. The SMILES string of the molecule is O=CC=Cc1cccc(OC(F)F)c1. The monoisotopic (exact) mass is 198 g/mol. The van der Waals surface area contributed by atoms with Crippen molar-refractivity contribution in [1.82, 2.24) is 0 Å². The number of benzene rings is 1. The van der Waals surface area contributed by atoms with Crippen LogP contribution in [-0.2, 0) is 4.79 Å². The number of hydrogen-bond donors (Lipinski definition) is 0. The molecule has 0 aliphatic heterocycles. The summed E-state index contributed by atoms with van der Waals surface area (Å²) in [5, 5.41) is 0. The normalized spacial score (nSPS) is 10.8. The fourth-order valence-electron chi connectivity index (χ4n) is 0.945. The van der Waals surface area contributed by atoms with Gasteiger partial charge >= 0.3 is 6.61 Å². The first-order valence-electron chi connectivity index (χ1n) is 3.89. The number of halogens is 2. The molecule has 0 aliphatic carbocycles. The minimum atomic E-state index is -2.83. The highest BCUT2D eigenvalue weighted by Crippen LogP contribution is 2.16. The van der Waals surface area contributed by atoms with E-state index >= 15 is 0 Å². The van der Waals surface area contributed by atoms with Gasteiger partial charge in [-0.1, -0.05) is 18.2 Å². The summed E-state index contributed by atoms with van der Waals surface area (Å²) in [6.45, 7) is -2.83. The van der Waals surface area contributed by atoms with Crippen LogP contribution in [0.3, 0.4) is 0 Å². The molecule has 2 nitrogen and oxygen atoms in total. The third-order valence-electron chi connectivity index (χ3n) is 1.45. The van der Waals surface area contributed by atoms with Crippen molar-refractivity contribution in [2.24, 2.45) is 0 Å². The van der Waals surface area contributed by atoms with E-state index in [0.717, 1.165) is 0 Å². The molecule has 74 valence electrons. The van der Waals surface area contributed by atoms with Crippen molar-refractivity contribution in [2.45, 2.75) is 6.61 Å². The number of allylic oxidation sites excluding steroid dienone is 1. The molecular formula is C10H8F2O2. The molecule has 4 heteroatoms. The molecule has 1 aromatic carbocycles. The summed E-state index contributed by atoms with van der Waals surface area (Å²) < 4.78 is 27.8. The molecule has 0 saturated carbocycles. The Morgan fingerprint density at radius 3 is 2.79 bits per heavy atom. The van der Waals surface area contributed by atoms with E-state index in [9.17, 15) is 13.6 Å². The van der Waals surface area contributed by atoms with Gasteiger partial charge in [0.1, 0.15) is 12.0 Å². The van der Waals surface area contributed by atoms with Crippen LogP contribution in [0.1, 0.15) is 5.56 Å². The van der Waals surface area contributed by atoms with Gasteiger partial charge in [0.15, 0.2) is 0 Å². The maximum absolute atomic E-state index is 11.8. The van der Waals surface area contributed by atoms with E-state index < -0.39 is 6.61 Å². The lowest BCUT2D eigenvalue weighted by Gasteiger charge is -2.04. The number of carbonyl (C=O) groups excluding carboxylic acids is 1. The Morgan fingerprint density at radius 1 is 1.36 bits per heavy atom. The molecule has 0 atom stereocenters. The zero-order valence-corrected chi connectivity index (χ0v) is 7.19. The Morgan fingerprint density at radius 2 is 2.14 bits per heavy atom. The van der Waals surface area contributed by atoms with Crippen LogP contribution in [0, 0.1) is 0 Å². The molecule has 0 amide bonds. The number of aldehydes is 1. The summed E-state index contributed by atoms with van der Waals surface area (Å²) >= 11 is 0. The second-order valence-corrected chi connectivity index (χ2v) is 2.45. The molecule has 0 radical (unpaired) electrons. The summed E-state index contributed by atoms with van der Waals surface area (Å²) in [7, 11) is 0. The first kappa shape index (κ1) is 10.4. The van der Waals surface area contributed by atoms with E-state index in [1.54, 1.807) is 12.1 Å². The van der Waals surface area contributed by atoms with Crippen LogP contribution >= 0.6 is 0 Å². The van der Waals surface area contributed by atoms with Gasteiger partial charge in [-0.05, 0) is 23.8 Å². The Bertz CT molecular complexity index is 335. The van der Waals surface area contributed by atoms with Crippen molar-refractivity contribution in [3.05, 3.63) is 35.9 Å². The Hall–Kier alpha value is -1.71. The Labute approximate surface area is 79.8 Å². The summed E-state index contributed by atoms with van der Waals surface area (Å²) in [5.41, 5.74) is 0.634. The molecule has 0 fully saturated rings. The molecular weight excluding hydrogens is 190 g/mol. The van der Waals surface area contributed by atoms with Gasteiger partial charge in [0.05, 0.1) is 0 Å². The summed E-state index contributed by atoms with van der Waals surface area (Å²) in [6, 6.07) is 6.09. The van der Waals surface area contributed by atoms with E-state index in [1.165, 1.54) is 24.3 Å². The lowest BCUT2D eigenvalue weighted by molar-refractivity contribution is -0.104. The van der Waals surface area contributed by atoms with Gasteiger partial charge in [-0.25, -0.2) is 0 Å². The molecule has 0 unspecified atom stereocenters. The molecule has 0 saturated heterocycles. The van der Waals surface area contributed by atoms with Crippen LogP contribution in [0.25, 0.3) is 6.08 Å². The van der Waals surface area contributed by atoms with E-state index in [0.29, 0.717) is 11.8 Å². The predicted octanol–water partition coefficient (Wildman–Crippen LogP) is 2.50. The molecule has 0 aromatic heterocycles. The van der Waals surface area contributed by atoms with Gasteiger partial charge in [-0.2, -0.15) is 8.78 Å². The largest absolute Gasteiger partial charge is 0.435 e. The predicted molar refractivity (Wildman–Crippen MR) is 48.2 cm³/mol. The van der Waals surface area contributed by atoms with Crippen LogP contribution in [0.5, 0.6) is 5.75 Å². The number of alkyl halides is 2.